The summed E-state index contributed by atoms with van der Waals surface area (Å²) in [5, 5.41) is 2.22. The first-order valence-electron chi connectivity index (χ1n) is 25.9. The van der Waals surface area contributed by atoms with E-state index in [1.54, 1.807) is 0 Å². The maximum Gasteiger partial charge on any atom is 0.268 e. The number of nitrogens with zero attached hydrogens (tertiary/aromatic N) is 4. The molecule has 0 bridgehead atoms. The summed E-state index contributed by atoms with van der Waals surface area (Å²) in [6.07, 6.45) is 5.85. The third-order valence-electron chi connectivity index (χ3n) is 14.4. The molecule has 0 aliphatic carbocycles. The van der Waals surface area contributed by atoms with Crippen LogP contribution in [0.15, 0.2) is 152 Å². The summed E-state index contributed by atoms with van der Waals surface area (Å²) in [6.45, 7) is 34.3. The van der Waals surface area contributed by atoms with Gasteiger partial charge in [0.1, 0.15) is 5.82 Å². The molecule has 0 radical (unpaired) electrons. The summed E-state index contributed by atoms with van der Waals surface area (Å²) in [5.74, 6) is 2.01. The van der Waals surface area contributed by atoms with Crippen LogP contribution in [0.5, 0.6) is 11.5 Å². The van der Waals surface area contributed by atoms with Gasteiger partial charge in [-0.3, -0.25) is 4.57 Å². The van der Waals surface area contributed by atoms with Gasteiger partial charge in [0.05, 0.1) is 16.7 Å². The topological polar surface area (TPSA) is 35.9 Å². The average molecular weight is 1150 g/mol. The zero-order chi connectivity index (χ0) is 52.0. The number of fused-ring (bicyclic) bond motifs is 4. The van der Waals surface area contributed by atoms with E-state index in [-0.39, 0.29) is 48.1 Å². The number of para-hydroxylation sites is 2. The van der Waals surface area contributed by atoms with Crippen LogP contribution in [-0.2, 0) is 48.1 Å². The molecule has 380 valence electrons. The molecule has 10 rings (SSSR count). The number of rotatable bonds is 7. The number of hydrogen-bond acceptors (Lipinski definition) is 2. The summed E-state index contributed by atoms with van der Waals surface area (Å²) in [4.78, 5) is 4.90. The molecule has 0 N–H and O–H groups in total. The number of hydrogen-bond donors (Lipinski definition) is 0. The van der Waals surface area contributed by atoms with Gasteiger partial charge in [-0.2, -0.15) is 18.2 Å². The molecule has 0 saturated heterocycles. The van der Waals surface area contributed by atoms with E-state index < -0.39 is 0 Å². The zero-order valence-corrected chi connectivity index (χ0v) is 48.2. The molecule has 7 aromatic carbocycles. The molecule has 0 spiro atoms. The molecular weight excluding hydrogens is 1080 g/mol. The number of ether oxygens (including phenoxy) is 1. The van der Waals surface area contributed by atoms with E-state index in [2.05, 4.69) is 263 Å². The fraction of sp³-hybridized carbons (Fsp3) is 0.294. The van der Waals surface area contributed by atoms with Crippen molar-refractivity contribution in [1.29, 1.82) is 0 Å². The second-order valence-corrected chi connectivity index (χ2v) is 25.1. The van der Waals surface area contributed by atoms with Crippen LogP contribution in [0.3, 0.4) is 0 Å². The van der Waals surface area contributed by atoms with Gasteiger partial charge < -0.3 is 13.9 Å². The van der Waals surface area contributed by atoms with Gasteiger partial charge in [0.25, 0.3) is 6.33 Å². The molecule has 0 aliphatic heterocycles. The zero-order valence-electron chi connectivity index (χ0n) is 45.9. The average Bonchev–Trinajstić information content (AvgIpc) is 3.88. The molecule has 3 aromatic heterocycles. The van der Waals surface area contributed by atoms with E-state index in [1.807, 2.05) is 24.4 Å². The minimum Gasteiger partial charge on any atom is -0.510 e. The van der Waals surface area contributed by atoms with Crippen LogP contribution in [0.25, 0.3) is 72.3 Å². The normalized spacial score (nSPS) is 12.7. The van der Waals surface area contributed by atoms with Gasteiger partial charge in [-0.25, -0.2) is 4.98 Å². The van der Waals surface area contributed by atoms with Gasteiger partial charge in [-0.05, 0) is 112 Å². The molecule has 5 nitrogen and oxygen atoms in total. The van der Waals surface area contributed by atoms with Crippen molar-refractivity contribution < 1.29 is 30.4 Å². The van der Waals surface area contributed by atoms with Gasteiger partial charge in [-0.15, -0.1) is 29.7 Å². The third kappa shape index (κ3) is 10.1. The summed E-state index contributed by atoms with van der Waals surface area (Å²) in [5.41, 5.74) is 16.7. The largest absolute Gasteiger partial charge is 0.510 e. The molecule has 10 aromatic rings. The molecule has 0 fully saturated rings. The van der Waals surface area contributed by atoms with E-state index in [0.717, 1.165) is 66.7 Å². The molecule has 0 saturated carbocycles. The molecule has 3 heterocycles. The monoisotopic (exact) mass is 1150 g/mol. The standard InChI is InChI=1S/C68H70N4O.Pt/c1-64(2,3)47-29-26-44(27-30-47)45-28-33-59-61(38-45)70(43-71(59)63-54(23-19-24-57(63)68(13,14)15)46-36-49(66(7,8)9)39-50(37-46)67(10,11)12)51-20-18-21-52(41-51)73-53-31-32-56-55-22-16-17-25-58(55)72(60(56)42-53)62-40-48(34-35-69-62)65(4,5)6;/h16-40H,1-15H3;/q-2;. The second kappa shape index (κ2) is 19.0. The van der Waals surface area contributed by atoms with Crippen molar-refractivity contribution in [2.24, 2.45) is 0 Å². The van der Waals surface area contributed by atoms with Crippen molar-refractivity contribution in [2.75, 3.05) is 0 Å². The van der Waals surface area contributed by atoms with E-state index in [4.69, 9.17) is 9.72 Å². The van der Waals surface area contributed by atoms with Crippen molar-refractivity contribution >= 4 is 32.8 Å². The quantitative estimate of drug-likeness (QED) is 0.118. The van der Waals surface area contributed by atoms with Crippen LogP contribution in [0, 0.1) is 18.5 Å². The van der Waals surface area contributed by atoms with Crippen LogP contribution in [0.1, 0.15) is 132 Å². The van der Waals surface area contributed by atoms with Gasteiger partial charge in [0, 0.05) is 44.3 Å². The van der Waals surface area contributed by atoms with E-state index >= 15 is 0 Å². The Balaban J connectivity index is 0.00000672. The third-order valence-corrected chi connectivity index (χ3v) is 14.4. The molecular formula is C68H70N4OPt-2. The molecule has 74 heavy (non-hydrogen) atoms. The van der Waals surface area contributed by atoms with Crippen LogP contribution >= 0.6 is 0 Å². The number of benzene rings is 7. The molecule has 0 atom stereocenters. The molecule has 0 amide bonds. The first-order chi connectivity index (χ1) is 34.3. The van der Waals surface area contributed by atoms with Crippen LogP contribution in [0.2, 0.25) is 0 Å². The molecule has 0 unspecified atom stereocenters. The number of aromatic nitrogens is 4. The van der Waals surface area contributed by atoms with Crippen molar-refractivity contribution in [1.82, 2.24) is 14.1 Å². The Hall–Kier alpha value is -6.55. The minimum absolute atomic E-state index is 0. The molecule has 6 heteroatoms. The number of pyridine rings is 1. The number of imidazole rings is 1. The van der Waals surface area contributed by atoms with E-state index in [9.17, 15) is 0 Å². The van der Waals surface area contributed by atoms with Gasteiger partial charge in [-0.1, -0.05) is 200 Å². The molecule has 0 aliphatic rings. The maximum atomic E-state index is 6.79. The van der Waals surface area contributed by atoms with Crippen molar-refractivity contribution in [3.63, 3.8) is 0 Å². The van der Waals surface area contributed by atoms with Gasteiger partial charge >= 0.3 is 0 Å². The summed E-state index contributed by atoms with van der Waals surface area (Å²) < 4.78 is 13.4. The minimum atomic E-state index is -0.196. The van der Waals surface area contributed by atoms with Gasteiger partial charge in [0.15, 0.2) is 0 Å². The Morgan fingerprint density at radius 2 is 1.11 bits per heavy atom. The smallest absolute Gasteiger partial charge is 0.268 e. The maximum absolute atomic E-state index is 6.79. The van der Waals surface area contributed by atoms with E-state index in [0.29, 0.717) is 11.5 Å². The fourth-order valence-corrected chi connectivity index (χ4v) is 9.99. The Morgan fingerprint density at radius 3 is 1.77 bits per heavy atom. The van der Waals surface area contributed by atoms with Crippen LogP contribution < -0.4 is 9.30 Å². The Kier molecular flexibility index (Phi) is 13.4. The summed E-state index contributed by atoms with van der Waals surface area (Å²) in [6, 6.07) is 60.2. The first kappa shape index (κ1) is 52.3. The Labute approximate surface area is 454 Å². The Bertz CT molecular complexity index is 3690. The fourth-order valence-electron chi connectivity index (χ4n) is 9.99. The Morgan fingerprint density at radius 1 is 0.473 bits per heavy atom. The van der Waals surface area contributed by atoms with Crippen molar-refractivity contribution in [3.05, 3.63) is 198 Å². The summed E-state index contributed by atoms with van der Waals surface area (Å²) in [7, 11) is 0. The first-order valence-corrected chi connectivity index (χ1v) is 25.9. The van der Waals surface area contributed by atoms with Crippen LogP contribution in [-0.4, -0.2) is 14.1 Å². The van der Waals surface area contributed by atoms with E-state index in [1.165, 1.54) is 33.4 Å². The second-order valence-electron chi connectivity index (χ2n) is 25.1. The van der Waals surface area contributed by atoms with Crippen molar-refractivity contribution in [3.8, 4) is 50.9 Å². The van der Waals surface area contributed by atoms with Crippen LogP contribution in [0.4, 0.5) is 0 Å². The van der Waals surface area contributed by atoms with Crippen molar-refractivity contribution in [2.45, 2.75) is 131 Å². The predicted octanol–water partition coefficient (Wildman–Crippen LogP) is 17.4. The predicted molar refractivity (Wildman–Crippen MR) is 304 cm³/mol. The SMILES string of the molecule is CC(C)(C)c1ccc(-c2ccc3c(c2)n(-c2[c-]c(Oc4[c-]c5c(cc4)c4ccccc4n5-c4cc(C(C)(C)C)ccn4)ccc2)[c-][n+]3-c2c(-c3cc(C(C)(C)C)cc(C(C)(C)C)c3)cccc2C(C)(C)C)cc1.[Pt]. The summed E-state index contributed by atoms with van der Waals surface area (Å²) >= 11 is 0. The van der Waals surface area contributed by atoms with Gasteiger partial charge in [0.2, 0.25) is 0 Å².